The average Bonchev–Trinajstić information content (AvgIpc) is 2.41. The number of benzene rings is 1. The summed E-state index contributed by atoms with van der Waals surface area (Å²) in [6, 6.07) is 5.70. The van der Waals surface area contributed by atoms with Gasteiger partial charge in [0.25, 0.3) is 0 Å². The van der Waals surface area contributed by atoms with Crippen LogP contribution in [-0.4, -0.2) is 21.4 Å². The first kappa shape index (κ1) is 15.2. The van der Waals surface area contributed by atoms with Crippen molar-refractivity contribution in [1.82, 2.24) is 9.97 Å². The Morgan fingerprint density at radius 3 is 2.57 bits per heavy atom. The molecular weight excluding hydrogens is 295 g/mol. The molecular formula is C13H13FN4O2S. The van der Waals surface area contributed by atoms with Gasteiger partial charge in [0, 0.05) is 11.4 Å². The number of nitrogens with one attached hydrogen (secondary N) is 1. The molecule has 0 saturated carbocycles. The first-order chi connectivity index (χ1) is 10.0. The van der Waals surface area contributed by atoms with Crippen molar-refractivity contribution in [3.8, 4) is 0 Å². The molecule has 1 N–H and O–H groups in total. The molecule has 0 radical (unpaired) electrons. The smallest absolute Gasteiger partial charge is 0.322 e. The Morgan fingerprint density at radius 1 is 1.33 bits per heavy atom. The van der Waals surface area contributed by atoms with Crippen LogP contribution in [0.3, 0.4) is 0 Å². The van der Waals surface area contributed by atoms with Gasteiger partial charge in [-0.25, -0.2) is 9.37 Å². The molecule has 0 aliphatic heterocycles. The van der Waals surface area contributed by atoms with Crippen LogP contribution in [0.15, 0.2) is 34.2 Å². The van der Waals surface area contributed by atoms with Gasteiger partial charge in [0.05, 0.1) is 4.92 Å². The molecule has 0 saturated heterocycles. The number of nitro groups is 1. The third-order valence-electron chi connectivity index (χ3n) is 2.57. The molecule has 6 nitrogen and oxygen atoms in total. The van der Waals surface area contributed by atoms with E-state index in [2.05, 4.69) is 15.3 Å². The minimum Gasteiger partial charge on any atom is -0.354 e. The number of anilines is 1. The van der Waals surface area contributed by atoms with Crippen molar-refractivity contribution in [2.45, 2.75) is 23.8 Å². The number of aromatic nitrogens is 2. The summed E-state index contributed by atoms with van der Waals surface area (Å²) in [6.45, 7) is 4.06. The third kappa shape index (κ3) is 3.66. The van der Waals surface area contributed by atoms with Gasteiger partial charge in [0.15, 0.2) is 5.03 Å². The largest absolute Gasteiger partial charge is 0.354 e. The molecule has 0 amide bonds. The third-order valence-corrected chi connectivity index (χ3v) is 3.56. The molecule has 0 aliphatic carbocycles. The first-order valence-corrected chi connectivity index (χ1v) is 7.03. The van der Waals surface area contributed by atoms with Crippen LogP contribution in [0.25, 0.3) is 0 Å². The van der Waals surface area contributed by atoms with Gasteiger partial charge in [-0.2, -0.15) is 4.98 Å². The lowest BCUT2D eigenvalue weighted by Gasteiger charge is -2.07. The van der Waals surface area contributed by atoms with Crippen LogP contribution >= 0.6 is 11.8 Å². The number of rotatable bonds is 5. The van der Waals surface area contributed by atoms with E-state index in [1.54, 1.807) is 19.1 Å². The van der Waals surface area contributed by atoms with E-state index in [4.69, 9.17) is 0 Å². The van der Waals surface area contributed by atoms with Crippen molar-refractivity contribution < 1.29 is 9.31 Å². The van der Waals surface area contributed by atoms with E-state index in [1.807, 2.05) is 6.92 Å². The molecule has 0 unspecified atom stereocenters. The normalized spacial score (nSPS) is 10.4. The molecule has 0 fully saturated rings. The Morgan fingerprint density at radius 2 is 2.00 bits per heavy atom. The van der Waals surface area contributed by atoms with Gasteiger partial charge in [-0.15, -0.1) is 0 Å². The Kier molecular flexibility index (Phi) is 4.69. The van der Waals surface area contributed by atoms with Crippen LogP contribution in [0.4, 0.5) is 16.0 Å². The molecule has 0 bridgehead atoms. The molecule has 0 spiro atoms. The lowest BCUT2D eigenvalue weighted by molar-refractivity contribution is -0.389. The van der Waals surface area contributed by atoms with Crippen molar-refractivity contribution in [1.29, 1.82) is 0 Å². The van der Waals surface area contributed by atoms with E-state index in [1.165, 1.54) is 12.1 Å². The molecule has 110 valence electrons. The molecule has 21 heavy (non-hydrogen) atoms. The van der Waals surface area contributed by atoms with Gasteiger partial charge >= 0.3 is 5.69 Å². The Bertz CT molecular complexity index is 664. The first-order valence-electron chi connectivity index (χ1n) is 6.21. The highest BCUT2D eigenvalue weighted by molar-refractivity contribution is 7.99. The van der Waals surface area contributed by atoms with Gasteiger partial charge in [-0.05, 0) is 38.1 Å². The van der Waals surface area contributed by atoms with Gasteiger partial charge in [-0.1, -0.05) is 11.8 Å². The fourth-order valence-electron chi connectivity index (χ4n) is 1.67. The second-order valence-electron chi connectivity index (χ2n) is 4.13. The second kappa shape index (κ2) is 6.49. The zero-order valence-corrected chi connectivity index (χ0v) is 12.3. The predicted molar refractivity (Wildman–Crippen MR) is 78.1 cm³/mol. The second-order valence-corrected chi connectivity index (χ2v) is 5.19. The monoisotopic (exact) mass is 308 g/mol. The van der Waals surface area contributed by atoms with Crippen LogP contribution < -0.4 is 5.32 Å². The zero-order valence-electron chi connectivity index (χ0n) is 11.5. The summed E-state index contributed by atoms with van der Waals surface area (Å²) < 4.78 is 12.9. The number of hydrogen-bond donors (Lipinski definition) is 1. The molecule has 0 atom stereocenters. The SMILES string of the molecule is CCNc1nc(C)c([N+](=O)[O-])c(Sc2ccc(F)cc2)n1. The van der Waals surface area contributed by atoms with Gasteiger partial charge in [0.2, 0.25) is 5.95 Å². The minimum absolute atomic E-state index is 0.133. The molecule has 0 aliphatic rings. The molecule has 2 rings (SSSR count). The topological polar surface area (TPSA) is 81.0 Å². The summed E-state index contributed by atoms with van der Waals surface area (Å²) in [5.41, 5.74) is 0.154. The van der Waals surface area contributed by atoms with Crippen molar-refractivity contribution in [3.63, 3.8) is 0 Å². The van der Waals surface area contributed by atoms with Crippen molar-refractivity contribution in [2.24, 2.45) is 0 Å². The number of halogens is 1. The molecule has 8 heteroatoms. The van der Waals surface area contributed by atoms with Crippen LogP contribution in [0, 0.1) is 22.9 Å². The van der Waals surface area contributed by atoms with E-state index < -0.39 is 4.92 Å². The standard InChI is InChI=1S/C13H13FN4O2S/c1-3-15-13-16-8(2)11(18(19)20)12(17-13)21-10-6-4-9(14)5-7-10/h4-7H,3H2,1-2H3,(H,15,16,17). The van der Waals surface area contributed by atoms with Crippen LogP contribution in [0.5, 0.6) is 0 Å². The van der Waals surface area contributed by atoms with Gasteiger partial charge in [-0.3, -0.25) is 10.1 Å². The fourth-order valence-corrected chi connectivity index (χ4v) is 2.62. The Hall–Kier alpha value is -2.22. The lowest BCUT2D eigenvalue weighted by atomic mass is 10.3. The lowest BCUT2D eigenvalue weighted by Crippen LogP contribution is -2.07. The average molecular weight is 308 g/mol. The zero-order chi connectivity index (χ0) is 15.4. The number of hydrogen-bond acceptors (Lipinski definition) is 6. The predicted octanol–water partition coefficient (Wildman–Crippen LogP) is 3.42. The minimum atomic E-state index is -0.503. The number of aryl methyl sites for hydroxylation is 1. The van der Waals surface area contributed by atoms with Gasteiger partial charge in [0.1, 0.15) is 11.5 Å². The molecule has 1 aromatic heterocycles. The Labute approximate surface area is 125 Å². The van der Waals surface area contributed by atoms with E-state index in [0.29, 0.717) is 17.4 Å². The maximum atomic E-state index is 12.9. The van der Waals surface area contributed by atoms with Crippen LogP contribution in [-0.2, 0) is 0 Å². The van der Waals surface area contributed by atoms with E-state index in [9.17, 15) is 14.5 Å². The highest BCUT2D eigenvalue weighted by Crippen LogP contribution is 2.35. The molecule has 1 aromatic carbocycles. The fraction of sp³-hybridized carbons (Fsp3) is 0.231. The van der Waals surface area contributed by atoms with Gasteiger partial charge < -0.3 is 5.32 Å². The van der Waals surface area contributed by atoms with Crippen molar-refractivity contribution in [2.75, 3.05) is 11.9 Å². The summed E-state index contributed by atoms with van der Waals surface area (Å²) in [7, 11) is 0. The quantitative estimate of drug-likeness (QED) is 0.518. The maximum absolute atomic E-state index is 12.9. The summed E-state index contributed by atoms with van der Waals surface area (Å²) in [5, 5.41) is 14.4. The summed E-state index contributed by atoms with van der Waals surface area (Å²) in [5.74, 6) is -0.0220. The Balaban J connectivity index is 2.43. The van der Waals surface area contributed by atoms with Crippen molar-refractivity contribution >= 4 is 23.4 Å². The summed E-state index contributed by atoms with van der Waals surface area (Å²) in [4.78, 5) is 19.6. The van der Waals surface area contributed by atoms with E-state index >= 15 is 0 Å². The summed E-state index contributed by atoms with van der Waals surface area (Å²) in [6.07, 6.45) is 0. The van der Waals surface area contributed by atoms with Crippen LogP contribution in [0.2, 0.25) is 0 Å². The number of nitrogens with zero attached hydrogens (tertiary/aromatic N) is 3. The molecule has 1 heterocycles. The molecule has 2 aromatic rings. The van der Waals surface area contributed by atoms with Crippen LogP contribution in [0.1, 0.15) is 12.6 Å². The van der Waals surface area contributed by atoms with Crippen molar-refractivity contribution in [3.05, 3.63) is 45.9 Å². The highest BCUT2D eigenvalue weighted by Gasteiger charge is 2.22. The maximum Gasteiger partial charge on any atom is 0.322 e. The highest BCUT2D eigenvalue weighted by atomic mass is 32.2. The van der Waals surface area contributed by atoms with E-state index in [-0.39, 0.29) is 22.2 Å². The van der Waals surface area contributed by atoms with E-state index in [0.717, 1.165) is 11.8 Å². The summed E-state index contributed by atoms with van der Waals surface area (Å²) >= 11 is 1.11.